The number of nitrogens with one attached hydrogen (secondary N) is 1. The van der Waals surface area contributed by atoms with Crippen LogP contribution < -0.4 is 5.32 Å². The summed E-state index contributed by atoms with van der Waals surface area (Å²) in [6.45, 7) is 4.12. The van der Waals surface area contributed by atoms with Gasteiger partial charge in [-0.2, -0.15) is 13.2 Å². The van der Waals surface area contributed by atoms with Crippen LogP contribution in [0.4, 0.5) is 13.2 Å². The maximum Gasteiger partial charge on any atom is 0.406 e. The Bertz CT molecular complexity index is 348. The van der Waals surface area contributed by atoms with Crippen LogP contribution in [0.15, 0.2) is 0 Å². The van der Waals surface area contributed by atoms with Crippen molar-refractivity contribution in [3.8, 4) is 0 Å². The van der Waals surface area contributed by atoms with Crippen LogP contribution in [0.25, 0.3) is 0 Å². The van der Waals surface area contributed by atoms with Gasteiger partial charge in [0.05, 0.1) is 0 Å². The molecule has 1 saturated carbocycles. The Morgan fingerprint density at radius 3 is 2.26 bits per heavy atom. The Labute approximate surface area is 111 Å². The molecule has 1 aliphatic heterocycles. The lowest BCUT2D eigenvalue weighted by molar-refractivity contribution is -0.168. The molecular formula is C13H21F3N2O. The molecule has 6 heteroatoms. The number of carbonyl (C=O) groups excluding carboxylic acids is 1. The molecule has 1 saturated heterocycles. The first-order chi connectivity index (χ1) is 8.71. The van der Waals surface area contributed by atoms with Crippen molar-refractivity contribution in [1.82, 2.24) is 10.2 Å². The van der Waals surface area contributed by atoms with Gasteiger partial charge in [0.25, 0.3) is 0 Å². The second kappa shape index (κ2) is 4.96. The van der Waals surface area contributed by atoms with E-state index in [1.807, 2.05) is 13.8 Å². The van der Waals surface area contributed by atoms with E-state index < -0.39 is 12.7 Å². The van der Waals surface area contributed by atoms with E-state index in [9.17, 15) is 18.0 Å². The van der Waals surface area contributed by atoms with Crippen LogP contribution in [-0.4, -0.2) is 42.7 Å². The fourth-order valence-electron chi connectivity index (χ4n) is 2.79. The van der Waals surface area contributed by atoms with Crippen LogP contribution in [-0.2, 0) is 4.79 Å². The highest BCUT2D eigenvalue weighted by atomic mass is 19.4. The van der Waals surface area contributed by atoms with Crippen molar-refractivity contribution >= 4 is 5.91 Å². The summed E-state index contributed by atoms with van der Waals surface area (Å²) >= 11 is 0. The largest absolute Gasteiger partial charge is 0.406 e. The lowest BCUT2D eigenvalue weighted by atomic mass is 10.0. The number of nitrogens with zero attached hydrogens (tertiary/aromatic N) is 1. The van der Waals surface area contributed by atoms with Gasteiger partial charge in [0, 0.05) is 12.0 Å². The number of rotatable bonds is 3. The molecule has 2 fully saturated rings. The van der Waals surface area contributed by atoms with Gasteiger partial charge >= 0.3 is 6.18 Å². The van der Waals surface area contributed by atoms with Gasteiger partial charge in [0.1, 0.15) is 6.54 Å². The van der Waals surface area contributed by atoms with Gasteiger partial charge < -0.3 is 10.2 Å². The van der Waals surface area contributed by atoms with Crippen LogP contribution in [0.3, 0.4) is 0 Å². The minimum absolute atomic E-state index is 0.131. The molecule has 0 radical (unpaired) electrons. The van der Waals surface area contributed by atoms with E-state index in [1.54, 1.807) is 0 Å². The molecule has 1 N–H and O–H groups in total. The molecule has 110 valence electrons. The standard InChI is InChI=1S/C13H21F3N2O/c1-12(2)7-10(12)11(19)18(8-13(14,15)16)9-3-5-17-6-4-9/h9-10,17H,3-8H2,1-2H3. The van der Waals surface area contributed by atoms with Crippen molar-refractivity contribution in [3.05, 3.63) is 0 Å². The lowest BCUT2D eigenvalue weighted by Gasteiger charge is -2.35. The summed E-state index contributed by atoms with van der Waals surface area (Å²) in [4.78, 5) is 13.4. The van der Waals surface area contributed by atoms with E-state index in [0.29, 0.717) is 32.4 Å². The van der Waals surface area contributed by atoms with Crippen LogP contribution in [0.2, 0.25) is 0 Å². The zero-order chi connectivity index (χ0) is 14.3. The molecular weight excluding hydrogens is 257 g/mol. The molecule has 3 nitrogen and oxygen atoms in total. The van der Waals surface area contributed by atoms with Crippen molar-refractivity contribution in [2.24, 2.45) is 11.3 Å². The molecule has 1 aliphatic carbocycles. The third-order valence-corrected chi connectivity index (χ3v) is 4.19. The molecule has 19 heavy (non-hydrogen) atoms. The van der Waals surface area contributed by atoms with Gasteiger partial charge in [0.2, 0.25) is 5.91 Å². The predicted octanol–water partition coefficient (Wildman–Crippen LogP) is 2.18. The third kappa shape index (κ3) is 3.61. The number of halogens is 3. The molecule has 0 aromatic heterocycles. The number of hydrogen-bond acceptors (Lipinski definition) is 2. The maximum atomic E-state index is 12.7. The average molecular weight is 278 g/mol. The number of piperidine rings is 1. The summed E-state index contributed by atoms with van der Waals surface area (Å²) in [6, 6.07) is -0.272. The molecule has 0 spiro atoms. The monoisotopic (exact) mass is 278 g/mol. The molecule has 0 aromatic carbocycles. The summed E-state index contributed by atoms with van der Waals surface area (Å²) in [5, 5.41) is 3.11. The Hall–Kier alpha value is -0.780. The molecule has 1 atom stereocenters. The minimum atomic E-state index is -4.32. The summed E-state index contributed by atoms with van der Waals surface area (Å²) in [5.41, 5.74) is -0.131. The Kier molecular flexibility index (Phi) is 3.82. The second-order valence-electron chi connectivity index (χ2n) is 6.31. The summed E-state index contributed by atoms with van der Waals surface area (Å²) in [6.07, 6.45) is -2.41. The highest BCUT2D eigenvalue weighted by Crippen LogP contribution is 2.52. The van der Waals surface area contributed by atoms with Crippen molar-refractivity contribution in [3.63, 3.8) is 0 Å². The highest BCUT2D eigenvalue weighted by molar-refractivity contribution is 5.82. The van der Waals surface area contributed by atoms with E-state index in [-0.39, 0.29) is 23.3 Å². The molecule has 1 amide bonds. The first kappa shape index (κ1) is 14.6. The van der Waals surface area contributed by atoms with E-state index in [0.717, 1.165) is 4.90 Å². The summed E-state index contributed by atoms with van der Waals surface area (Å²) in [5.74, 6) is -0.543. The van der Waals surface area contributed by atoms with Crippen molar-refractivity contribution in [2.75, 3.05) is 19.6 Å². The quantitative estimate of drug-likeness (QED) is 0.858. The van der Waals surface area contributed by atoms with E-state index in [4.69, 9.17) is 0 Å². The Morgan fingerprint density at radius 2 is 1.84 bits per heavy atom. The third-order valence-electron chi connectivity index (χ3n) is 4.19. The summed E-state index contributed by atoms with van der Waals surface area (Å²) in [7, 11) is 0. The number of amides is 1. The van der Waals surface area contributed by atoms with Gasteiger partial charge in [-0.1, -0.05) is 13.8 Å². The van der Waals surface area contributed by atoms with Gasteiger partial charge in [-0.05, 0) is 37.8 Å². The van der Waals surface area contributed by atoms with E-state index in [1.165, 1.54) is 0 Å². The van der Waals surface area contributed by atoms with Gasteiger partial charge in [-0.25, -0.2) is 0 Å². The number of hydrogen-bond donors (Lipinski definition) is 1. The van der Waals surface area contributed by atoms with Gasteiger partial charge in [0.15, 0.2) is 0 Å². The molecule has 2 aliphatic rings. The van der Waals surface area contributed by atoms with E-state index in [2.05, 4.69) is 5.32 Å². The maximum absolute atomic E-state index is 12.7. The minimum Gasteiger partial charge on any atom is -0.330 e. The molecule has 2 rings (SSSR count). The van der Waals surface area contributed by atoms with Crippen LogP contribution >= 0.6 is 0 Å². The normalized spacial score (nSPS) is 27.1. The second-order valence-corrected chi connectivity index (χ2v) is 6.31. The van der Waals surface area contributed by atoms with Crippen molar-refractivity contribution in [2.45, 2.75) is 45.3 Å². The Morgan fingerprint density at radius 1 is 1.32 bits per heavy atom. The molecule has 1 heterocycles. The van der Waals surface area contributed by atoms with E-state index >= 15 is 0 Å². The lowest BCUT2D eigenvalue weighted by Crippen LogP contribution is -2.50. The summed E-state index contributed by atoms with van der Waals surface area (Å²) < 4.78 is 38.1. The smallest absolute Gasteiger partial charge is 0.330 e. The fourth-order valence-corrected chi connectivity index (χ4v) is 2.79. The average Bonchev–Trinajstić information content (AvgIpc) is 2.95. The van der Waals surface area contributed by atoms with Gasteiger partial charge in [-0.15, -0.1) is 0 Å². The molecule has 0 bridgehead atoms. The fraction of sp³-hybridized carbons (Fsp3) is 0.923. The first-order valence-corrected chi connectivity index (χ1v) is 6.79. The van der Waals surface area contributed by atoms with Crippen molar-refractivity contribution in [1.29, 1.82) is 0 Å². The highest BCUT2D eigenvalue weighted by Gasteiger charge is 2.53. The van der Waals surface area contributed by atoms with Crippen molar-refractivity contribution < 1.29 is 18.0 Å². The predicted molar refractivity (Wildman–Crippen MR) is 65.5 cm³/mol. The number of alkyl halides is 3. The van der Waals surface area contributed by atoms with Crippen LogP contribution in [0.5, 0.6) is 0 Å². The zero-order valence-electron chi connectivity index (χ0n) is 11.4. The topological polar surface area (TPSA) is 32.3 Å². The Balaban J connectivity index is 2.07. The van der Waals surface area contributed by atoms with Gasteiger partial charge in [-0.3, -0.25) is 4.79 Å². The van der Waals surface area contributed by atoms with Crippen LogP contribution in [0, 0.1) is 11.3 Å². The molecule has 0 aromatic rings. The number of carbonyl (C=O) groups is 1. The first-order valence-electron chi connectivity index (χ1n) is 6.79. The molecule has 1 unspecified atom stereocenters. The SMILES string of the molecule is CC1(C)CC1C(=O)N(CC(F)(F)F)C1CCNCC1. The zero-order valence-corrected chi connectivity index (χ0v) is 11.4. The van der Waals surface area contributed by atoms with Crippen LogP contribution in [0.1, 0.15) is 33.1 Å².